The highest BCUT2D eigenvalue weighted by Gasteiger charge is 2.33. The number of ether oxygens (including phenoxy) is 1. The van der Waals surface area contributed by atoms with Gasteiger partial charge < -0.3 is 19.5 Å². The van der Waals surface area contributed by atoms with Crippen molar-refractivity contribution in [3.05, 3.63) is 77.6 Å². The Morgan fingerprint density at radius 2 is 1.73 bits per heavy atom. The van der Waals surface area contributed by atoms with Gasteiger partial charge in [-0.2, -0.15) is 0 Å². The van der Waals surface area contributed by atoms with Crippen molar-refractivity contribution in [3.8, 4) is 0 Å². The van der Waals surface area contributed by atoms with Gasteiger partial charge >= 0.3 is 6.03 Å². The Labute approximate surface area is 191 Å². The van der Waals surface area contributed by atoms with Crippen molar-refractivity contribution >= 4 is 34.8 Å². The molecular weight excluding hydrogens is 420 g/mol. The Morgan fingerprint density at radius 1 is 1.00 bits per heavy atom. The second kappa shape index (κ2) is 8.91. The molecule has 0 bridgehead atoms. The van der Waals surface area contributed by atoms with Gasteiger partial charge in [-0.15, -0.1) is 0 Å². The number of morpholine rings is 1. The highest BCUT2D eigenvalue weighted by atomic mass is 16.5. The van der Waals surface area contributed by atoms with Crippen LogP contribution in [0.4, 0.5) is 4.79 Å². The molecule has 0 aliphatic carbocycles. The summed E-state index contributed by atoms with van der Waals surface area (Å²) in [6.45, 7) is 2.69. The third-order valence-electron chi connectivity index (χ3n) is 5.93. The van der Waals surface area contributed by atoms with Crippen molar-refractivity contribution in [2.75, 3.05) is 26.3 Å². The molecule has 0 atom stereocenters. The molecule has 2 saturated heterocycles. The number of rotatable bonds is 5. The number of fused-ring (bicyclic) bond motifs is 1. The van der Waals surface area contributed by atoms with E-state index >= 15 is 0 Å². The van der Waals surface area contributed by atoms with Crippen LogP contribution in [0.25, 0.3) is 17.0 Å². The maximum Gasteiger partial charge on any atom is 0.329 e. The molecule has 0 radical (unpaired) electrons. The van der Waals surface area contributed by atoms with E-state index in [1.165, 1.54) is 4.90 Å². The van der Waals surface area contributed by atoms with E-state index in [9.17, 15) is 14.4 Å². The second-order valence-corrected chi connectivity index (χ2v) is 8.09. The van der Waals surface area contributed by atoms with E-state index in [0.717, 1.165) is 22.0 Å². The minimum atomic E-state index is -0.443. The highest BCUT2D eigenvalue weighted by Crippen LogP contribution is 2.25. The van der Waals surface area contributed by atoms with E-state index in [-0.39, 0.29) is 30.6 Å². The van der Waals surface area contributed by atoms with E-state index in [0.29, 0.717) is 26.3 Å². The fraction of sp³-hybridized carbons (Fsp3) is 0.240. The summed E-state index contributed by atoms with van der Waals surface area (Å²) >= 11 is 0. The van der Waals surface area contributed by atoms with Gasteiger partial charge in [0.05, 0.1) is 19.8 Å². The first-order valence-electron chi connectivity index (χ1n) is 10.9. The summed E-state index contributed by atoms with van der Waals surface area (Å²) in [6.07, 6.45) is 3.54. The summed E-state index contributed by atoms with van der Waals surface area (Å²) < 4.78 is 7.23. The number of nitrogens with one attached hydrogen (secondary N) is 1. The lowest BCUT2D eigenvalue weighted by molar-refractivity contribution is -0.135. The average Bonchev–Trinajstić information content (AvgIpc) is 3.32. The molecule has 33 heavy (non-hydrogen) atoms. The summed E-state index contributed by atoms with van der Waals surface area (Å²) in [6, 6.07) is 16.7. The third kappa shape index (κ3) is 4.25. The fourth-order valence-electron chi connectivity index (χ4n) is 4.22. The van der Waals surface area contributed by atoms with Gasteiger partial charge in [0.1, 0.15) is 12.2 Å². The molecule has 0 spiro atoms. The molecule has 2 aromatic carbocycles. The summed E-state index contributed by atoms with van der Waals surface area (Å²) in [5.41, 5.74) is 2.76. The van der Waals surface area contributed by atoms with Crippen LogP contribution in [-0.2, 0) is 27.4 Å². The van der Waals surface area contributed by atoms with Crippen LogP contribution in [0.5, 0.6) is 0 Å². The zero-order valence-corrected chi connectivity index (χ0v) is 18.1. The third-order valence-corrected chi connectivity index (χ3v) is 5.93. The number of aromatic nitrogens is 1. The molecule has 8 heteroatoms. The Morgan fingerprint density at radius 3 is 2.52 bits per heavy atom. The predicted octanol–water partition coefficient (Wildman–Crippen LogP) is 2.59. The zero-order chi connectivity index (χ0) is 22.8. The van der Waals surface area contributed by atoms with Crippen molar-refractivity contribution in [2.45, 2.75) is 13.1 Å². The van der Waals surface area contributed by atoms with Crippen LogP contribution in [0.1, 0.15) is 11.1 Å². The summed E-state index contributed by atoms with van der Waals surface area (Å²) in [5, 5.41) is 3.60. The van der Waals surface area contributed by atoms with E-state index in [1.54, 1.807) is 11.0 Å². The molecule has 4 amide bonds. The van der Waals surface area contributed by atoms with Crippen molar-refractivity contribution in [1.82, 2.24) is 19.7 Å². The first-order chi connectivity index (χ1) is 16.1. The standard InChI is InChI=1S/C25H24N4O4/c30-23(27-10-12-33-13-11-27)17-28-16-19(20-8-4-5-9-22(20)28)14-21-24(31)29(25(32)26-21)15-18-6-2-1-3-7-18/h1-9,14,16H,10-13,15,17H2,(H,26,32)/b21-14-. The minimum Gasteiger partial charge on any atom is -0.378 e. The average molecular weight is 444 g/mol. The number of carbonyl (C=O) groups excluding carboxylic acids is 3. The molecule has 2 aliphatic heterocycles. The van der Waals surface area contributed by atoms with Gasteiger partial charge in [-0.05, 0) is 17.7 Å². The lowest BCUT2D eigenvalue weighted by Gasteiger charge is -2.27. The molecule has 2 aliphatic rings. The Bertz CT molecular complexity index is 1240. The first kappa shape index (κ1) is 21.0. The summed E-state index contributed by atoms with van der Waals surface area (Å²) in [4.78, 5) is 41.2. The number of urea groups is 1. The second-order valence-electron chi connectivity index (χ2n) is 8.09. The van der Waals surface area contributed by atoms with Crippen LogP contribution < -0.4 is 5.32 Å². The van der Waals surface area contributed by atoms with E-state index < -0.39 is 6.03 Å². The van der Waals surface area contributed by atoms with Gasteiger partial charge in [-0.1, -0.05) is 48.5 Å². The summed E-state index contributed by atoms with van der Waals surface area (Å²) in [5.74, 6) is -0.345. The van der Waals surface area contributed by atoms with Gasteiger partial charge in [-0.25, -0.2) is 4.79 Å². The van der Waals surface area contributed by atoms with Crippen molar-refractivity contribution in [2.24, 2.45) is 0 Å². The number of carbonyl (C=O) groups is 3. The highest BCUT2D eigenvalue weighted by molar-refractivity contribution is 6.14. The number of imide groups is 1. The number of hydrogen-bond acceptors (Lipinski definition) is 4. The van der Waals surface area contributed by atoms with Gasteiger partial charge in [0.25, 0.3) is 5.91 Å². The quantitative estimate of drug-likeness (QED) is 0.484. The number of benzene rings is 2. The molecule has 1 N–H and O–H groups in total. The molecular formula is C25H24N4O4. The lowest BCUT2D eigenvalue weighted by Crippen LogP contribution is -2.42. The van der Waals surface area contributed by atoms with E-state index in [4.69, 9.17) is 4.74 Å². The molecule has 0 unspecified atom stereocenters. The van der Waals surface area contributed by atoms with Crippen LogP contribution in [0.3, 0.4) is 0 Å². The van der Waals surface area contributed by atoms with E-state index in [1.807, 2.05) is 65.4 Å². The van der Waals surface area contributed by atoms with Crippen molar-refractivity contribution in [3.63, 3.8) is 0 Å². The zero-order valence-electron chi connectivity index (χ0n) is 18.1. The fourth-order valence-corrected chi connectivity index (χ4v) is 4.22. The SMILES string of the molecule is O=C(Cn1cc(/C=C2\NC(=O)N(Cc3ccccc3)C2=O)c2ccccc21)N1CCOCC1. The number of amides is 4. The van der Waals surface area contributed by atoms with Gasteiger partial charge in [0, 0.05) is 35.8 Å². The normalized spacial score (nSPS) is 17.8. The number of nitrogens with zero attached hydrogens (tertiary/aromatic N) is 3. The van der Waals surface area contributed by atoms with Crippen LogP contribution >= 0.6 is 0 Å². The Balaban J connectivity index is 1.41. The van der Waals surface area contributed by atoms with Crippen LogP contribution in [0, 0.1) is 0 Å². The molecule has 2 fully saturated rings. The topological polar surface area (TPSA) is 83.9 Å². The maximum atomic E-state index is 12.9. The molecule has 3 heterocycles. The van der Waals surface area contributed by atoms with Crippen LogP contribution in [0.2, 0.25) is 0 Å². The Hall–Kier alpha value is -3.91. The molecule has 3 aromatic rings. The smallest absolute Gasteiger partial charge is 0.329 e. The number of hydrogen-bond donors (Lipinski definition) is 1. The van der Waals surface area contributed by atoms with E-state index in [2.05, 4.69) is 5.32 Å². The molecule has 168 valence electrons. The first-order valence-corrected chi connectivity index (χ1v) is 10.9. The number of para-hydroxylation sites is 1. The van der Waals surface area contributed by atoms with Crippen molar-refractivity contribution in [1.29, 1.82) is 0 Å². The summed E-state index contributed by atoms with van der Waals surface area (Å²) in [7, 11) is 0. The van der Waals surface area contributed by atoms with Gasteiger partial charge in [0.15, 0.2) is 0 Å². The Kier molecular flexibility index (Phi) is 5.66. The predicted molar refractivity (Wildman–Crippen MR) is 123 cm³/mol. The molecule has 8 nitrogen and oxygen atoms in total. The minimum absolute atomic E-state index is 0.0255. The molecule has 0 saturated carbocycles. The lowest BCUT2D eigenvalue weighted by atomic mass is 10.1. The van der Waals surface area contributed by atoms with Crippen molar-refractivity contribution < 1.29 is 19.1 Å². The van der Waals surface area contributed by atoms with Gasteiger partial charge in [0.2, 0.25) is 5.91 Å². The largest absolute Gasteiger partial charge is 0.378 e. The molecule has 1 aromatic heterocycles. The van der Waals surface area contributed by atoms with Gasteiger partial charge in [-0.3, -0.25) is 14.5 Å². The molecule has 5 rings (SSSR count). The monoisotopic (exact) mass is 444 g/mol. The van der Waals surface area contributed by atoms with Crippen LogP contribution in [-0.4, -0.2) is 58.5 Å². The maximum absolute atomic E-state index is 12.9. The van der Waals surface area contributed by atoms with Crippen LogP contribution in [0.15, 0.2) is 66.5 Å².